The van der Waals surface area contributed by atoms with Crippen LogP contribution in [0.1, 0.15) is 47.8 Å². The summed E-state index contributed by atoms with van der Waals surface area (Å²) in [5.74, 6) is -0.159. The maximum Gasteiger partial charge on any atom is 0.269 e. The molecule has 1 amide bonds. The second-order valence-electron chi connectivity index (χ2n) is 8.19. The van der Waals surface area contributed by atoms with Crippen LogP contribution in [0.2, 0.25) is 0 Å². The fourth-order valence-electron chi connectivity index (χ4n) is 2.98. The van der Waals surface area contributed by atoms with Crippen molar-refractivity contribution in [2.24, 2.45) is 0 Å². The van der Waals surface area contributed by atoms with Crippen LogP contribution in [-0.2, 0) is 18.5 Å². The van der Waals surface area contributed by atoms with E-state index in [4.69, 9.17) is 0 Å². The molecule has 0 aromatic heterocycles. The number of rotatable bonds is 7. The van der Waals surface area contributed by atoms with Crippen molar-refractivity contribution in [1.82, 2.24) is 10.7 Å². The molecule has 4 nitrogen and oxygen atoms in total. The number of hydrazine groups is 1. The Balaban J connectivity index is 1.47. The highest BCUT2D eigenvalue weighted by Crippen LogP contribution is 2.23. The second-order valence-corrected chi connectivity index (χ2v) is 8.19. The average molecular weight is 388 g/mol. The van der Waals surface area contributed by atoms with Gasteiger partial charge >= 0.3 is 0 Å². The summed E-state index contributed by atoms with van der Waals surface area (Å²) < 4.78 is 0. The van der Waals surface area contributed by atoms with Crippen LogP contribution in [0.3, 0.4) is 0 Å². The smallest absolute Gasteiger partial charge is 0.269 e. The lowest BCUT2D eigenvalue weighted by Crippen LogP contribution is -2.29. The van der Waals surface area contributed by atoms with Crippen LogP contribution in [0.5, 0.6) is 0 Å². The lowest BCUT2D eigenvalue weighted by molar-refractivity contribution is 0.0962. The van der Waals surface area contributed by atoms with E-state index in [0.717, 1.165) is 24.3 Å². The monoisotopic (exact) mass is 387 g/mol. The van der Waals surface area contributed by atoms with Crippen LogP contribution in [0.4, 0.5) is 5.69 Å². The lowest BCUT2D eigenvalue weighted by Gasteiger charge is -2.19. The second kappa shape index (κ2) is 9.39. The van der Waals surface area contributed by atoms with E-state index in [1.165, 1.54) is 11.1 Å². The molecule has 0 aliphatic heterocycles. The van der Waals surface area contributed by atoms with Crippen molar-refractivity contribution < 1.29 is 4.79 Å². The molecule has 150 valence electrons. The maximum atomic E-state index is 12.4. The van der Waals surface area contributed by atoms with E-state index in [1.54, 1.807) is 0 Å². The number of anilines is 1. The summed E-state index contributed by atoms with van der Waals surface area (Å²) in [5, 5.41) is 3.42. The van der Waals surface area contributed by atoms with E-state index in [1.807, 2.05) is 54.6 Å². The molecule has 29 heavy (non-hydrogen) atoms. The summed E-state index contributed by atoms with van der Waals surface area (Å²) in [6.45, 7) is 8.12. The highest BCUT2D eigenvalue weighted by Gasteiger charge is 2.13. The minimum absolute atomic E-state index is 0.111. The number of amides is 1. The summed E-state index contributed by atoms with van der Waals surface area (Å²) in [6, 6.07) is 26.0. The first-order chi connectivity index (χ1) is 13.9. The number of carbonyl (C=O) groups is 1. The van der Waals surface area contributed by atoms with Gasteiger partial charge in [0.25, 0.3) is 5.91 Å². The van der Waals surface area contributed by atoms with Gasteiger partial charge in [0.1, 0.15) is 0 Å². The van der Waals surface area contributed by atoms with Gasteiger partial charge in [0.2, 0.25) is 0 Å². The van der Waals surface area contributed by atoms with Crippen LogP contribution in [0, 0.1) is 0 Å². The van der Waals surface area contributed by atoms with Crippen molar-refractivity contribution in [3.05, 3.63) is 101 Å². The van der Waals surface area contributed by atoms with E-state index in [0.29, 0.717) is 5.56 Å². The third kappa shape index (κ3) is 6.19. The molecule has 0 spiro atoms. The number of carbonyl (C=O) groups excluding carboxylic acids is 1. The predicted molar refractivity (Wildman–Crippen MR) is 120 cm³/mol. The van der Waals surface area contributed by atoms with Gasteiger partial charge in [-0.15, -0.1) is 0 Å². The average Bonchev–Trinajstić information content (AvgIpc) is 2.73. The Kier molecular flexibility index (Phi) is 6.68. The van der Waals surface area contributed by atoms with Gasteiger partial charge < -0.3 is 5.32 Å². The van der Waals surface area contributed by atoms with E-state index < -0.39 is 0 Å². The minimum Gasteiger partial charge on any atom is -0.309 e. The van der Waals surface area contributed by atoms with E-state index in [9.17, 15) is 4.79 Å². The van der Waals surface area contributed by atoms with Crippen LogP contribution < -0.4 is 16.2 Å². The first-order valence-electron chi connectivity index (χ1n) is 9.92. The SMILES string of the molecule is CC(C)(C)c1ccc(NNC(=O)c2ccc(CNCc3ccccc3)cc2)cc1. The van der Waals surface area contributed by atoms with Gasteiger partial charge in [-0.25, -0.2) is 0 Å². The standard InChI is InChI=1S/C25H29N3O/c1-25(2,3)22-13-15-23(16-14-22)27-28-24(29)21-11-9-20(10-12-21)18-26-17-19-7-5-4-6-8-19/h4-16,26-27H,17-18H2,1-3H3,(H,28,29). The van der Waals surface area contributed by atoms with Crippen LogP contribution in [0.15, 0.2) is 78.9 Å². The number of benzene rings is 3. The normalized spacial score (nSPS) is 11.1. The lowest BCUT2D eigenvalue weighted by atomic mass is 9.87. The highest BCUT2D eigenvalue weighted by atomic mass is 16.2. The van der Waals surface area contributed by atoms with Crippen LogP contribution in [0.25, 0.3) is 0 Å². The molecule has 0 atom stereocenters. The number of hydrogen-bond acceptors (Lipinski definition) is 3. The van der Waals surface area contributed by atoms with E-state index in [2.05, 4.69) is 61.2 Å². The summed E-state index contributed by atoms with van der Waals surface area (Å²) in [5.41, 5.74) is 11.0. The number of nitrogens with one attached hydrogen (secondary N) is 3. The largest absolute Gasteiger partial charge is 0.309 e. The van der Waals surface area contributed by atoms with Gasteiger partial charge in [-0.3, -0.25) is 15.6 Å². The fourth-order valence-corrected chi connectivity index (χ4v) is 2.98. The molecule has 3 N–H and O–H groups in total. The van der Waals surface area contributed by atoms with Crippen molar-refractivity contribution >= 4 is 11.6 Å². The van der Waals surface area contributed by atoms with Gasteiger partial charge in [-0.05, 0) is 46.4 Å². The molecule has 0 saturated heterocycles. The van der Waals surface area contributed by atoms with Crippen molar-refractivity contribution in [2.45, 2.75) is 39.3 Å². The molecule has 3 rings (SSSR count). The minimum atomic E-state index is -0.159. The molecule has 3 aromatic carbocycles. The molecule has 0 aliphatic carbocycles. The zero-order chi connectivity index (χ0) is 20.7. The van der Waals surface area contributed by atoms with Gasteiger partial charge in [0, 0.05) is 18.7 Å². The van der Waals surface area contributed by atoms with E-state index in [-0.39, 0.29) is 11.3 Å². The van der Waals surface area contributed by atoms with Gasteiger partial charge in [0.05, 0.1) is 5.69 Å². The van der Waals surface area contributed by atoms with Gasteiger partial charge in [0.15, 0.2) is 0 Å². The van der Waals surface area contributed by atoms with Gasteiger partial charge in [-0.1, -0.05) is 75.4 Å². The molecule has 4 heteroatoms. The molecule has 3 aromatic rings. The first-order valence-corrected chi connectivity index (χ1v) is 9.92. The van der Waals surface area contributed by atoms with Crippen LogP contribution >= 0.6 is 0 Å². The molecule has 0 aliphatic rings. The summed E-state index contributed by atoms with van der Waals surface area (Å²) >= 11 is 0. The highest BCUT2D eigenvalue weighted by molar-refractivity contribution is 5.94. The third-order valence-electron chi connectivity index (χ3n) is 4.79. The Labute approximate surface area is 173 Å². The summed E-state index contributed by atoms with van der Waals surface area (Å²) in [7, 11) is 0. The molecule has 0 fully saturated rings. The molecule has 0 bridgehead atoms. The molecule has 0 radical (unpaired) electrons. The maximum absolute atomic E-state index is 12.4. The molecule has 0 unspecified atom stereocenters. The zero-order valence-electron chi connectivity index (χ0n) is 17.3. The molecule has 0 heterocycles. The third-order valence-corrected chi connectivity index (χ3v) is 4.79. The zero-order valence-corrected chi connectivity index (χ0v) is 17.3. The quantitative estimate of drug-likeness (QED) is 0.498. The Morgan fingerprint density at radius 2 is 1.34 bits per heavy atom. The number of hydrogen-bond donors (Lipinski definition) is 3. The predicted octanol–water partition coefficient (Wildman–Crippen LogP) is 5.03. The Morgan fingerprint density at radius 1 is 0.759 bits per heavy atom. The molecule has 0 saturated carbocycles. The molecular formula is C25H29N3O. The van der Waals surface area contributed by atoms with Crippen LogP contribution in [-0.4, -0.2) is 5.91 Å². The topological polar surface area (TPSA) is 53.2 Å². The molecular weight excluding hydrogens is 358 g/mol. The van der Waals surface area contributed by atoms with Crippen molar-refractivity contribution in [3.63, 3.8) is 0 Å². The van der Waals surface area contributed by atoms with Crippen molar-refractivity contribution in [1.29, 1.82) is 0 Å². The Morgan fingerprint density at radius 3 is 1.93 bits per heavy atom. The van der Waals surface area contributed by atoms with Gasteiger partial charge in [-0.2, -0.15) is 0 Å². The summed E-state index contributed by atoms with van der Waals surface area (Å²) in [6.07, 6.45) is 0. The summed E-state index contributed by atoms with van der Waals surface area (Å²) in [4.78, 5) is 12.4. The Hall–Kier alpha value is -3.11. The van der Waals surface area contributed by atoms with E-state index >= 15 is 0 Å². The van der Waals surface area contributed by atoms with Crippen molar-refractivity contribution in [3.8, 4) is 0 Å². The Bertz CT molecular complexity index is 911. The first kappa shape index (κ1) is 20.6. The fraction of sp³-hybridized carbons (Fsp3) is 0.240. The van der Waals surface area contributed by atoms with Crippen molar-refractivity contribution in [2.75, 3.05) is 5.43 Å².